The molecular weight excluding hydrogens is 372 g/mol. The fourth-order valence-corrected chi connectivity index (χ4v) is 3.02. The number of carbonyl (C=O) groups excluding carboxylic acids is 3. The zero-order chi connectivity index (χ0) is 19.6. The molecule has 142 valence electrons. The lowest BCUT2D eigenvalue weighted by Gasteiger charge is -2.24. The average Bonchev–Trinajstić information content (AvgIpc) is 3.02. The molecule has 26 heavy (non-hydrogen) atoms. The molecule has 2 heterocycles. The van der Waals surface area contributed by atoms with Gasteiger partial charge in [0.05, 0.1) is 0 Å². The summed E-state index contributed by atoms with van der Waals surface area (Å²) in [4.78, 5) is 39.8. The molecule has 0 aromatic carbocycles. The van der Waals surface area contributed by atoms with Crippen molar-refractivity contribution in [1.82, 2.24) is 9.63 Å². The van der Waals surface area contributed by atoms with Gasteiger partial charge in [-0.15, -0.1) is 4.73 Å². The van der Waals surface area contributed by atoms with E-state index in [1.165, 1.54) is 0 Å². The molecule has 0 spiro atoms. The zero-order valence-electron chi connectivity index (χ0n) is 13.5. The fourth-order valence-electron chi connectivity index (χ4n) is 2.45. The van der Waals surface area contributed by atoms with E-state index in [1.807, 2.05) is 0 Å². The molecule has 2 amide bonds. The predicted molar refractivity (Wildman–Crippen MR) is 83.5 cm³/mol. The third kappa shape index (κ3) is 3.86. The number of rotatable bonds is 7. The Hall–Kier alpha value is -2.86. The topological polar surface area (TPSA) is 163 Å². The molecule has 1 atom stereocenters. The number of imide groups is 1. The lowest BCUT2D eigenvalue weighted by Crippen LogP contribution is -2.40. The molecule has 11 nitrogen and oxygen atoms in total. The Morgan fingerprint density at radius 3 is 2.27 bits per heavy atom. The van der Waals surface area contributed by atoms with E-state index in [2.05, 4.69) is 4.84 Å². The molecule has 0 fully saturated rings. The van der Waals surface area contributed by atoms with E-state index in [4.69, 9.17) is 4.55 Å². The summed E-state index contributed by atoms with van der Waals surface area (Å²) in [6.07, 6.45) is 2.39. The summed E-state index contributed by atoms with van der Waals surface area (Å²) in [6.45, 7) is 1.72. The molecule has 1 unspecified atom stereocenters. The Morgan fingerprint density at radius 2 is 1.81 bits per heavy atom. The second-order valence-electron chi connectivity index (χ2n) is 5.40. The van der Waals surface area contributed by atoms with Crippen LogP contribution >= 0.6 is 0 Å². The van der Waals surface area contributed by atoms with E-state index in [1.54, 1.807) is 6.92 Å². The second-order valence-corrected chi connectivity index (χ2v) is 6.79. The van der Waals surface area contributed by atoms with Crippen molar-refractivity contribution in [2.24, 2.45) is 0 Å². The van der Waals surface area contributed by atoms with Gasteiger partial charge in [-0.25, -0.2) is 4.79 Å². The molecule has 12 heteroatoms. The number of amides is 2. The van der Waals surface area contributed by atoms with E-state index in [-0.39, 0.29) is 17.6 Å². The van der Waals surface area contributed by atoms with E-state index >= 15 is 0 Å². The number of hydrogen-bond acceptors (Lipinski definition) is 8. The van der Waals surface area contributed by atoms with E-state index in [0.717, 1.165) is 17.1 Å². The van der Waals surface area contributed by atoms with Crippen molar-refractivity contribution in [3.8, 4) is 11.8 Å². The highest BCUT2D eigenvalue weighted by atomic mass is 32.2. The summed E-state index contributed by atoms with van der Waals surface area (Å²) in [6, 6.07) is -0.0576. The van der Waals surface area contributed by atoms with Crippen molar-refractivity contribution in [1.29, 1.82) is 0 Å². The highest BCUT2D eigenvalue weighted by Gasteiger charge is 2.31. The van der Waals surface area contributed by atoms with Gasteiger partial charge in [-0.3, -0.25) is 19.0 Å². The van der Waals surface area contributed by atoms with Gasteiger partial charge in [0.25, 0.3) is 27.8 Å². The normalized spacial score (nSPS) is 15.5. The molecule has 1 aliphatic rings. The maximum atomic E-state index is 11.9. The molecule has 0 bridgehead atoms. The van der Waals surface area contributed by atoms with Crippen molar-refractivity contribution in [2.75, 3.05) is 0 Å². The quantitative estimate of drug-likeness (QED) is 0.416. The highest BCUT2D eigenvalue weighted by Crippen LogP contribution is 2.30. The maximum absolute atomic E-state index is 11.9. The summed E-state index contributed by atoms with van der Waals surface area (Å²) in [5.41, 5.74) is 0. The number of carbonyl (C=O) groups is 3. The monoisotopic (exact) mass is 388 g/mol. The third-order valence-corrected chi connectivity index (χ3v) is 4.57. The minimum Gasteiger partial charge on any atom is -0.492 e. The minimum absolute atomic E-state index is 0.0580. The molecule has 1 aromatic rings. The SMILES string of the molecule is CCC(CCC(=O)On1c(O)cc(S(=O)(=O)O)c1O)N1C(=O)C=CC1=O. The molecule has 1 aliphatic heterocycles. The van der Waals surface area contributed by atoms with Crippen LogP contribution in [-0.2, 0) is 24.5 Å². The Morgan fingerprint density at radius 1 is 1.23 bits per heavy atom. The molecule has 0 radical (unpaired) electrons. The third-order valence-electron chi connectivity index (χ3n) is 3.71. The van der Waals surface area contributed by atoms with Gasteiger partial charge < -0.3 is 15.1 Å². The van der Waals surface area contributed by atoms with Gasteiger partial charge in [0.1, 0.15) is 0 Å². The van der Waals surface area contributed by atoms with Crippen LogP contribution in [0.3, 0.4) is 0 Å². The van der Waals surface area contributed by atoms with Gasteiger partial charge in [0.15, 0.2) is 4.90 Å². The van der Waals surface area contributed by atoms with Crippen LogP contribution in [0.25, 0.3) is 0 Å². The lowest BCUT2D eigenvalue weighted by molar-refractivity contribution is -0.147. The number of hydrogen-bond donors (Lipinski definition) is 3. The molecule has 0 saturated heterocycles. The molecular formula is C14H16N2O9S. The summed E-state index contributed by atoms with van der Waals surface area (Å²) in [7, 11) is -4.83. The van der Waals surface area contributed by atoms with Crippen LogP contribution in [-0.4, -0.2) is 56.6 Å². The first-order valence-electron chi connectivity index (χ1n) is 7.43. The largest absolute Gasteiger partial charge is 0.492 e. The van der Waals surface area contributed by atoms with E-state index in [0.29, 0.717) is 12.5 Å². The van der Waals surface area contributed by atoms with Gasteiger partial charge in [0, 0.05) is 30.7 Å². The first-order chi connectivity index (χ1) is 12.1. The zero-order valence-corrected chi connectivity index (χ0v) is 14.3. The Labute approximate surface area is 147 Å². The van der Waals surface area contributed by atoms with Crippen molar-refractivity contribution in [3.05, 3.63) is 18.2 Å². The molecule has 3 N–H and O–H groups in total. The Balaban J connectivity index is 2.04. The van der Waals surface area contributed by atoms with Crippen LogP contribution < -0.4 is 4.84 Å². The predicted octanol–water partition coefficient (Wildman–Crippen LogP) is -0.415. The number of aromatic nitrogens is 1. The summed E-state index contributed by atoms with van der Waals surface area (Å²) in [5.74, 6) is -4.06. The summed E-state index contributed by atoms with van der Waals surface area (Å²) < 4.78 is 31.1. The molecule has 0 saturated carbocycles. The van der Waals surface area contributed by atoms with Crippen LogP contribution in [0.5, 0.6) is 11.8 Å². The first kappa shape index (κ1) is 19.5. The summed E-state index contributed by atoms with van der Waals surface area (Å²) >= 11 is 0. The van der Waals surface area contributed by atoms with Gasteiger partial charge >= 0.3 is 5.97 Å². The van der Waals surface area contributed by atoms with Crippen molar-refractivity contribution < 1.29 is 42.4 Å². The molecule has 2 rings (SSSR count). The smallest absolute Gasteiger partial charge is 0.333 e. The highest BCUT2D eigenvalue weighted by molar-refractivity contribution is 7.86. The van der Waals surface area contributed by atoms with E-state index < -0.39 is 50.6 Å². The Bertz CT molecular complexity index is 866. The Kier molecular flexibility index (Phi) is 5.37. The first-order valence-corrected chi connectivity index (χ1v) is 8.87. The number of nitrogens with zero attached hydrogens (tertiary/aromatic N) is 2. The van der Waals surface area contributed by atoms with Crippen LogP contribution in [0.4, 0.5) is 0 Å². The van der Waals surface area contributed by atoms with Crippen LogP contribution in [0, 0.1) is 0 Å². The van der Waals surface area contributed by atoms with Crippen LogP contribution in [0.1, 0.15) is 26.2 Å². The molecule has 1 aromatic heterocycles. The maximum Gasteiger partial charge on any atom is 0.333 e. The van der Waals surface area contributed by atoms with Crippen molar-refractivity contribution in [3.63, 3.8) is 0 Å². The minimum atomic E-state index is -4.83. The average molecular weight is 388 g/mol. The van der Waals surface area contributed by atoms with E-state index in [9.17, 15) is 33.0 Å². The second kappa shape index (κ2) is 7.17. The standard InChI is InChI=1S/C14H16N2O9S/c1-2-8(15-10(17)4-5-11(15)18)3-6-13(20)25-16-12(19)7-9(14(16)21)26(22,23)24/h4-5,7-8,19,21H,2-3,6H2,1H3,(H,22,23,24). The fraction of sp³-hybridized carbons (Fsp3) is 0.357. The molecule has 0 aliphatic carbocycles. The number of aromatic hydroxyl groups is 2. The van der Waals surface area contributed by atoms with Crippen LogP contribution in [0.2, 0.25) is 0 Å². The van der Waals surface area contributed by atoms with Gasteiger partial charge in [-0.1, -0.05) is 6.92 Å². The van der Waals surface area contributed by atoms with Gasteiger partial charge in [0.2, 0.25) is 5.88 Å². The summed E-state index contributed by atoms with van der Waals surface area (Å²) in [5, 5.41) is 19.2. The lowest BCUT2D eigenvalue weighted by atomic mass is 10.1. The van der Waals surface area contributed by atoms with Gasteiger partial charge in [-0.05, 0) is 12.8 Å². The van der Waals surface area contributed by atoms with Crippen molar-refractivity contribution >= 4 is 27.9 Å². The van der Waals surface area contributed by atoms with Gasteiger partial charge in [-0.2, -0.15) is 8.42 Å². The van der Waals surface area contributed by atoms with Crippen LogP contribution in [0.15, 0.2) is 23.1 Å². The van der Waals surface area contributed by atoms with Crippen molar-refractivity contribution in [2.45, 2.75) is 37.1 Å².